The number of carbonyl (C=O) groups excluding carboxylic acids is 1. The number of likely N-dealkylation sites (N-methyl/N-ethyl adjacent to an activating group) is 1. The summed E-state index contributed by atoms with van der Waals surface area (Å²) in [6, 6.07) is 17.9. The van der Waals surface area contributed by atoms with Gasteiger partial charge in [0.25, 0.3) is 0 Å². The van der Waals surface area contributed by atoms with Crippen LogP contribution in [0, 0.1) is 0 Å². The third-order valence-electron chi connectivity index (χ3n) is 3.45. The monoisotopic (exact) mass is 268 g/mol. The molecular weight excluding hydrogens is 248 g/mol. The fraction of sp³-hybridized carbons (Fsp3) is 0.235. The van der Waals surface area contributed by atoms with Gasteiger partial charge in [-0.25, -0.2) is 0 Å². The van der Waals surface area contributed by atoms with Crippen LogP contribution in [-0.2, 0) is 4.79 Å². The van der Waals surface area contributed by atoms with Gasteiger partial charge >= 0.3 is 0 Å². The lowest BCUT2D eigenvalue weighted by molar-refractivity contribution is -0.121. The second kappa shape index (κ2) is 5.88. The van der Waals surface area contributed by atoms with Gasteiger partial charge in [-0.3, -0.25) is 4.79 Å². The van der Waals surface area contributed by atoms with Crippen LogP contribution in [0.25, 0.3) is 11.1 Å². The molecule has 0 bridgehead atoms. The third-order valence-corrected chi connectivity index (χ3v) is 3.45. The predicted octanol–water partition coefficient (Wildman–Crippen LogP) is 3.29. The molecule has 1 amide bonds. The highest BCUT2D eigenvalue weighted by Crippen LogP contribution is 2.28. The Hall–Kier alpha value is -2.13. The average molecular weight is 268 g/mol. The Balaban J connectivity index is 2.33. The van der Waals surface area contributed by atoms with Gasteiger partial charge in [0, 0.05) is 11.3 Å². The number of benzene rings is 2. The summed E-state index contributed by atoms with van der Waals surface area (Å²) in [5.74, 6) is -0.0524. The fourth-order valence-corrected chi connectivity index (χ4v) is 1.85. The summed E-state index contributed by atoms with van der Waals surface area (Å²) in [6.07, 6.45) is 0. The van der Waals surface area contributed by atoms with Crippen LogP contribution in [0.4, 0.5) is 5.69 Å². The molecule has 0 saturated carbocycles. The van der Waals surface area contributed by atoms with Gasteiger partial charge in [-0.1, -0.05) is 48.5 Å². The minimum Gasteiger partial charge on any atom is -0.324 e. The number of nitrogens with one attached hydrogen (secondary N) is 2. The topological polar surface area (TPSA) is 41.1 Å². The summed E-state index contributed by atoms with van der Waals surface area (Å²) in [5.41, 5.74) is 2.33. The normalized spacial score (nSPS) is 11.2. The summed E-state index contributed by atoms with van der Waals surface area (Å²) in [6.45, 7) is 3.71. The van der Waals surface area contributed by atoms with Crippen LogP contribution in [0.15, 0.2) is 54.6 Å². The lowest BCUT2D eigenvalue weighted by Crippen LogP contribution is -2.47. The van der Waals surface area contributed by atoms with Crippen LogP contribution in [-0.4, -0.2) is 18.5 Å². The molecule has 3 nitrogen and oxygen atoms in total. The van der Waals surface area contributed by atoms with Gasteiger partial charge in [-0.05, 0) is 32.5 Å². The van der Waals surface area contributed by atoms with Crippen molar-refractivity contribution < 1.29 is 4.79 Å². The van der Waals surface area contributed by atoms with Crippen molar-refractivity contribution in [1.29, 1.82) is 0 Å². The molecule has 0 aliphatic rings. The van der Waals surface area contributed by atoms with Gasteiger partial charge < -0.3 is 10.6 Å². The molecule has 20 heavy (non-hydrogen) atoms. The number of hydrogen-bond donors (Lipinski definition) is 2. The number of hydrogen-bond acceptors (Lipinski definition) is 2. The summed E-state index contributed by atoms with van der Waals surface area (Å²) < 4.78 is 0. The molecule has 0 radical (unpaired) electrons. The number of amides is 1. The van der Waals surface area contributed by atoms with Gasteiger partial charge in [0.1, 0.15) is 0 Å². The molecule has 2 aromatic carbocycles. The standard InChI is InChI=1S/C17H20N2O/c1-17(2,18-3)16(20)19-15-12-8-7-11-14(15)13-9-5-4-6-10-13/h4-12,18H,1-3H3,(H,19,20). The number of rotatable bonds is 4. The van der Waals surface area contributed by atoms with Crippen LogP contribution in [0.1, 0.15) is 13.8 Å². The maximum Gasteiger partial charge on any atom is 0.244 e. The first-order valence-electron chi connectivity index (χ1n) is 6.69. The Labute approximate surface area is 120 Å². The molecule has 0 unspecified atom stereocenters. The van der Waals surface area contributed by atoms with Crippen LogP contribution in [0.5, 0.6) is 0 Å². The summed E-state index contributed by atoms with van der Waals surface area (Å²) in [4.78, 5) is 12.3. The molecule has 0 aliphatic heterocycles. The zero-order valence-electron chi connectivity index (χ0n) is 12.1. The summed E-state index contributed by atoms with van der Waals surface area (Å²) >= 11 is 0. The zero-order chi connectivity index (χ0) is 14.6. The second-order valence-corrected chi connectivity index (χ2v) is 5.24. The molecule has 2 aromatic rings. The average Bonchev–Trinajstić information content (AvgIpc) is 2.48. The van der Waals surface area contributed by atoms with E-state index in [1.165, 1.54) is 0 Å². The van der Waals surface area contributed by atoms with Crippen molar-refractivity contribution in [3.8, 4) is 11.1 Å². The molecule has 3 heteroatoms. The molecule has 0 aromatic heterocycles. The van der Waals surface area contributed by atoms with Gasteiger partial charge in [0.15, 0.2) is 0 Å². The highest BCUT2D eigenvalue weighted by atomic mass is 16.2. The quantitative estimate of drug-likeness (QED) is 0.893. The largest absolute Gasteiger partial charge is 0.324 e. The first-order valence-corrected chi connectivity index (χ1v) is 6.69. The van der Waals surface area contributed by atoms with Crippen LogP contribution in [0.2, 0.25) is 0 Å². The van der Waals surface area contributed by atoms with Gasteiger partial charge in [-0.2, -0.15) is 0 Å². The molecule has 0 aliphatic carbocycles. The predicted molar refractivity (Wildman–Crippen MR) is 83.6 cm³/mol. The van der Waals surface area contributed by atoms with Crippen LogP contribution < -0.4 is 10.6 Å². The van der Waals surface area contributed by atoms with Crippen molar-refractivity contribution in [3.63, 3.8) is 0 Å². The van der Waals surface area contributed by atoms with E-state index in [9.17, 15) is 4.79 Å². The lowest BCUT2D eigenvalue weighted by Gasteiger charge is -2.23. The number of carbonyl (C=O) groups is 1. The second-order valence-electron chi connectivity index (χ2n) is 5.24. The van der Waals surface area contributed by atoms with Crippen molar-refractivity contribution in [2.75, 3.05) is 12.4 Å². The first kappa shape index (κ1) is 14.3. The van der Waals surface area contributed by atoms with Crippen LogP contribution in [0.3, 0.4) is 0 Å². The SMILES string of the molecule is CNC(C)(C)C(=O)Nc1ccccc1-c1ccccc1. The Kier molecular flexibility index (Phi) is 4.20. The molecule has 2 N–H and O–H groups in total. The van der Waals surface area contributed by atoms with E-state index in [4.69, 9.17) is 0 Å². The molecule has 0 fully saturated rings. The van der Waals surface area contributed by atoms with Crippen molar-refractivity contribution in [2.24, 2.45) is 0 Å². The van der Waals surface area contributed by atoms with E-state index in [0.717, 1.165) is 16.8 Å². The molecule has 0 heterocycles. The van der Waals surface area contributed by atoms with Gasteiger partial charge in [0.2, 0.25) is 5.91 Å². The van der Waals surface area contributed by atoms with Crippen LogP contribution >= 0.6 is 0 Å². The lowest BCUT2D eigenvalue weighted by atomic mass is 10.0. The molecule has 0 atom stereocenters. The highest BCUT2D eigenvalue weighted by Gasteiger charge is 2.25. The van der Waals surface area contributed by atoms with E-state index in [1.54, 1.807) is 7.05 Å². The van der Waals surface area contributed by atoms with E-state index in [0.29, 0.717) is 0 Å². The first-order chi connectivity index (χ1) is 9.54. The van der Waals surface area contributed by atoms with Crippen molar-refractivity contribution >= 4 is 11.6 Å². The van der Waals surface area contributed by atoms with E-state index in [-0.39, 0.29) is 5.91 Å². The molecule has 104 valence electrons. The molecule has 0 spiro atoms. The third kappa shape index (κ3) is 3.06. The molecule has 0 saturated heterocycles. The van der Waals surface area contributed by atoms with E-state index in [1.807, 2.05) is 68.4 Å². The van der Waals surface area contributed by atoms with Crippen molar-refractivity contribution in [3.05, 3.63) is 54.6 Å². The van der Waals surface area contributed by atoms with Gasteiger partial charge in [-0.15, -0.1) is 0 Å². The molecular formula is C17H20N2O. The highest BCUT2D eigenvalue weighted by molar-refractivity contribution is 6.00. The Morgan fingerprint density at radius 1 is 0.950 bits per heavy atom. The minimum atomic E-state index is -0.607. The van der Waals surface area contributed by atoms with Gasteiger partial charge in [0.05, 0.1) is 5.54 Å². The Morgan fingerprint density at radius 2 is 1.55 bits per heavy atom. The fourth-order valence-electron chi connectivity index (χ4n) is 1.85. The summed E-state index contributed by atoms with van der Waals surface area (Å²) in [7, 11) is 1.78. The maximum absolute atomic E-state index is 12.3. The molecule has 2 rings (SSSR count). The maximum atomic E-state index is 12.3. The van der Waals surface area contributed by atoms with E-state index >= 15 is 0 Å². The minimum absolute atomic E-state index is 0.0524. The van der Waals surface area contributed by atoms with Crippen molar-refractivity contribution in [1.82, 2.24) is 5.32 Å². The smallest absolute Gasteiger partial charge is 0.244 e. The van der Waals surface area contributed by atoms with E-state index in [2.05, 4.69) is 10.6 Å². The zero-order valence-corrected chi connectivity index (χ0v) is 12.1. The number of anilines is 1. The Bertz CT molecular complexity index is 591. The van der Waals surface area contributed by atoms with E-state index < -0.39 is 5.54 Å². The summed E-state index contributed by atoms with van der Waals surface area (Å²) in [5, 5.41) is 6.01. The number of para-hydroxylation sites is 1. The Morgan fingerprint density at radius 3 is 2.20 bits per heavy atom. The van der Waals surface area contributed by atoms with Crippen molar-refractivity contribution in [2.45, 2.75) is 19.4 Å².